The molecule has 2 aliphatic heterocycles. The fraction of sp³-hybridized carbons (Fsp3) is 0.824. The maximum atomic E-state index is 12.5. The van der Waals surface area contributed by atoms with Crippen molar-refractivity contribution in [3.63, 3.8) is 0 Å². The Kier molecular flexibility index (Phi) is 3.05. The average Bonchev–Trinajstić information content (AvgIpc) is 3.20. The van der Waals surface area contributed by atoms with Gasteiger partial charge >= 0.3 is 0 Å². The van der Waals surface area contributed by atoms with E-state index in [-0.39, 0.29) is 34.7 Å². The molecule has 4 rings (SSSR count). The van der Waals surface area contributed by atoms with E-state index in [1.54, 1.807) is 0 Å². The summed E-state index contributed by atoms with van der Waals surface area (Å²) in [5.41, 5.74) is 0.239. The van der Waals surface area contributed by atoms with Crippen LogP contribution in [0.3, 0.4) is 0 Å². The summed E-state index contributed by atoms with van der Waals surface area (Å²) in [4.78, 5) is 24.5. The Bertz CT molecular complexity index is 604. The van der Waals surface area contributed by atoms with Crippen molar-refractivity contribution >= 4 is 11.8 Å². The third kappa shape index (κ3) is 2.33. The lowest BCUT2D eigenvalue weighted by Gasteiger charge is -2.21. The second-order valence-electron chi connectivity index (χ2n) is 8.44. The van der Waals surface area contributed by atoms with Gasteiger partial charge in [0.05, 0.1) is 12.1 Å². The number of piperidine rings is 1. The third-order valence-electron chi connectivity index (χ3n) is 6.58. The normalized spacial score (nSPS) is 39.3. The van der Waals surface area contributed by atoms with Gasteiger partial charge in [0.25, 0.3) is 0 Å². The van der Waals surface area contributed by atoms with Gasteiger partial charge in [-0.05, 0) is 49.5 Å². The molecule has 0 radical (unpaired) electrons. The minimum atomic E-state index is -0.588. The van der Waals surface area contributed by atoms with Crippen molar-refractivity contribution in [1.29, 1.82) is 5.26 Å². The molecule has 0 aromatic carbocycles. The second kappa shape index (κ2) is 4.70. The molecule has 2 saturated carbocycles. The molecule has 0 aromatic rings. The van der Waals surface area contributed by atoms with Crippen LogP contribution in [0.15, 0.2) is 0 Å². The van der Waals surface area contributed by atoms with Crippen LogP contribution in [0, 0.1) is 34.5 Å². The molecule has 5 atom stereocenters. The first-order chi connectivity index (χ1) is 10.9. The summed E-state index contributed by atoms with van der Waals surface area (Å²) in [6.45, 7) is 5.27. The Balaban J connectivity index is 1.35. The lowest BCUT2D eigenvalue weighted by Crippen LogP contribution is -2.48. The van der Waals surface area contributed by atoms with Gasteiger partial charge in [0.1, 0.15) is 6.04 Å². The zero-order chi connectivity index (χ0) is 16.4. The molecule has 2 aliphatic carbocycles. The molecule has 0 aromatic heterocycles. The Hall–Kier alpha value is -1.61. The maximum absolute atomic E-state index is 12.5. The van der Waals surface area contributed by atoms with Crippen molar-refractivity contribution < 1.29 is 9.59 Å². The van der Waals surface area contributed by atoms with Crippen LogP contribution in [0.25, 0.3) is 0 Å². The van der Waals surface area contributed by atoms with Gasteiger partial charge < -0.3 is 16.0 Å². The molecule has 23 heavy (non-hydrogen) atoms. The van der Waals surface area contributed by atoms with Crippen LogP contribution >= 0.6 is 0 Å². The highest BCUT2D eigenvalue weighted by molar-refractivity contribution is 5.85. The van der Waals surface area contributed by atoms with Gasteiger partial charge in [0, 0.05) is 11.5 Å². The average molecular weight is 316 g/mol. The van der Waals surface area contributed by atoms with Crippen LogP contribution in [0.5, 0.6) is 0 Å². The van der Waals surface area contributed by atoms with Gasteiger partial charge in [-0.3, -0.25) is 9.59 Å². The van der Waals surface area contributed by atoms with E-state index in [9.17, 15) is 14.9 Å². The fourth-order valence-corrected chi connectivity index (χ4v) is 4.81. The topological polar surface area (TPSA) is 94.0 Å². The molecule has 4 fully saturated rings. The highest BCUT2D eigenvalue weighted by Gasteiger charge is 2.65. The monoisotopic (exact) mass is 316 g/mol. The first kappa shape index (κ1) is 14.9. The molecule has 6 nitrogen and oxygen atoms in total. The number of carbonyl (C=O) groups is 2. The van der Waals surface area contributed by atoms with E-state index in [0.29, 0.717) is 18.3 Å². The zero-order valence-electron chi connectivity index (χ0n) is 13.7. The van der Waals surface area contributed by atoms with Crippen molar-refractivity contribution in [2.45, 2.75) is 57.2 Å². The number of nitriles is 1. The summed E-state index contributed by atoms with van der Waals surface area (Å²) < 4.78 is 0. The molecule has 2 amide bonds. The molecule has 1 spiro atoms. The van der Waals surface area contributed by atoms with E-state index >= 15 is 0 Å². The summed E-state index contributed by atoms with van der Waals surface area (Å²) >= 11 is 0. The highest BCUT2D eigenvalue weighted by Crippen LogP contribution is 2.62. The third-order valence-corrected chi connectivity index (χ3v) is 6.58. The first-order valence-electron chi connectivity index (χ1n) is 8.62. The first-order valence-corrected chi connectivity index (χ1v) is 8.62. The number of fused-ring (bicyclic) bond motifs is 1. The van der Waals surface area contributed by atoms with Crippen molar-refractivity contribution in [3.8, 4) is 6.07 Å². The van der Waals surface area contributed by atoms with Gasteiger partial charge in [0.15, 0.2) is 0 Å². The standard InChI is InChI=1S/C17H24N4O2/c1-16(2)11-8-19-13(12(11)16)15(23)20-10(7-18)5-9-6-17(3-4-17)21-14(9)22/h9-13,19H,3-6,8H2,1-2H3,(H,20,23)(H,21,22)/t9-,10+,11+,12+,13+/m1/s1. The molecule has 124 valence electrons. The number of rotatable bonds is 4. The molecule has 6 heteroatoms. The number of nitrogens with one attached hydrogen (secondary N) is 3. The van der Waals surface area contributed by atoms with Crippen LogP contribution < -0.4 is 16.0 Å². The second-order valence-corrected chi connectivity index (χ2v) is 8.44. The molecule has 0 unspecified atom stereocenters. The largest absolute Gasteiger partial charge is 0.350 e. The minimum absolute atomic E-state index is 0.0179. The Morgan fingerprint density at radius 2 is 2.22 bits per heavy atom. The number of hydrogen-bond donors (Lipinski definition) is 3. The van der Waals surface area contributed by atoms with Crippen molar-refractivity contribution in [2.24, 2.45) is 23.2 Å². The smallest absolute Gasteiger partial charge is 0.238 e. The van der Waals surface area contributed by atoms with Crippen molar-refractivity contribution in [1.82, 2.24) is 16.0 Å². The van der Waals surface area contributed by atoms with E-state index in [1.165, 1.54) is 0 Å². The van der Waals surface area contributed by atoms with Gasteiger partial charge in [0.2, 0.25) is 11.8 Å². The summed E-state index contributed by atoms with van der Waals surface area (Å²) in [7, 11) is 0. The summed E-state index contributed by atoms with van der Waals surface area (Å²) in [5, 5.41) is 18.5. The SMILES string of the molecule is CC1(C)[C@@H]2[C@@H](C(=O)N[C@H](C#N)C[C@@H]3CC4(CC4)NC3=O)NC[C@@H]21. The Morgan fingerprint density at radius 1 is 1.48 bits per heavy atom. The van der Waals surface area contributed by atoms with E-state index in [4.69, 9.17) is 0 Å². The molecule has 3 N–H and O–H groups in total. The van der Waals surface area contributed by atoms with Crippen LogP contribution in [0.4, 0.5) is 0 Å². The van der Waals surface area contributed by atoms with Gasteiger partial charge in [-0.2, -0.15) is 5.26 Å². The number of carbonyl (C=O) groups excluding carboxylic acids is 2. The Morgan fingerprint density at radius 3 is 2.74 bits per heavy atom. The summed E-state index contributed by atoms with van der Waals surface area (Å²) in [6.07, 6.45) is 3.31. The van der Waals surface area contributed by atoms with Crippen LogP contribution in [-0.4, -0.2) is 36.0 Å². The fourth-order valence-electron chi connectivity index (χ4n) is 4.81. The van der Waals surface area contributed by atoms with Crippen molar-refractivity contribution in [2.75, 3.05) is 6.54 Å². The van der Waals surface area contributed by atoms with E-state index in [1.807, 2.05) is 0 Å². The predicted molar refractivity (Wildman–Crippen MR) is 82.9 cm³/mol. The zero-order valence-corrected chi connectivity index (χ0v) is 13.7. The van der Waals surface area contributed by atoms with Gasteiger partial charge in [-0.25, -0.2) is 0 Å². The quantitative estimate of drug-likeness (QED) is 0.695. The molecule has 0 bridgehead atoms. The number of nitrogens with zero attached hydrogens (tertiary/aromatic N) is 1. The van der Waals surface area contributed by atoms with Crippen molar-refractivity contribution in [3.05, 3.63) is 0 Å². The number of amides is 2. The van der Waals surface area contributed by atoms with Gasteiger partial charge in [-0.1, -0.05) is 13.8 Å². The minimum Gasteiger partial charge on any atom is -0.350 e. The number of hydrogen-bond acceptors (Lipinski definition) is 4. The molecular weight excluding hydrogens is 292 g/mol. The van der Waals surface area contributed by atoms with Gasteiger partial charge in [-0.15, -0.1) is 0 Å². The summed E-state index contributed by atoms with van der Waals surface area (Å²) in [5.74, 6) is 0.734. The van der Waals surface area contributed by atoms with Crippen LogP contribution in [0.1, 0.15) is 39.5 Å². The predicted octanol–water partition coefficient (Wildman–Crippen LogP) is 0.298. The van der Waals surface area contributed by atoms with Crippen LogP contribution in [-0.2, 0) is 9.59 Å². The van der Waals surface area contributed by atoms with E-state index in [0.717, 1.165) is 25.8 Å². The maximum Gasteiger partial charge on any atom is 0.238 e. The lowest BCUT2D eigenvalue weighted by molar-refractivity contribution is -0.125. The highest BCUT2D eigenvalue weighted by atomic mass is 16.2. The molecular formula is C17H24N4O2. The van der Waals surface area contributed by atoms with Crippen LogP contribution in [0.2, 0.25) is 0 Å². The molecule has 4 aliphatic rings. The molecule has 2 saturated heterocycles. The summed E-state index contributed by atoms with van der Waals surface area (Å²) in [6, 6.07) is 1.38. The lowest BCUT2D eigenvalue weighted by atomic mass is 9.95. The van der Waals surface area contributed by atoms with E-state index in [2.05, 4.69) is 35.9 Å². The molecule has 2 heterocycles. The van der Waals surface area contributed by atoms with E-state index < -0.39 is 6.04 Å². The Labute approximate surface area is 136 Å².